The second-order valence-corrected chi connectivity index (χ2v) is 2.18. The molecule has 2 heteroatoms. The molecular weight excluding hydrogens is 112 g/mol. The maximum absolute atomic E-state index is 4.17. The van der Waals surface area contributed by atoms with Gasteiger partial charge in [0.15, 0.2) is 0 Å². The molecule has 9 heavy (non-hydrogen) atoms. The first-order chi connectivity index (χ1) is 4.47. The quantitative estimate of drug-likeness (QED) is 0.461. The first-order valence-corrected chi connectivity index (χ1v) is 3.11. The number of rotatable bonds is 0. The molecule has 2 nitrogen and oxygen atoms in total. The molecule has 0 aromatic carbocycles. The van der Waals surface area contributed by atoms with E-state index in [0.717, 1.165) is 18.9 Å². The lowest BCUT2D eigenvalue weighted by atomic mass is 10.4. The van der Waals surface area contributed by atoms with Gasteiger partial charge in [0.2, 0.25) is 0 Å². The topological polar surface area (TPSA) is 15.6 Å². The van der Waals surface area contributed by atoms with E-state index < -0.39 is 0 Å². The van der Waals surface area contributed by atoms with E-state index in [-0.39, 0.29) is 0 Å². The average molecular weight is 120 g/mol. The highest BCUT2D eigenvalue weighted by Gasteiger charge is 2.11. The third-order valence-electron chi connectivity index (χ3n) is 1.55. The predicted molar refractivity (Wildman–Crippen MR) is 37.3 cm³/mol. The molecule has 2 aliphatic heterocycles. The molecule has 0 bridgehead atoms. The molecule has 0 radical (unpaired) electrons. The third kappa shape index (κ3) is 0.669. The Hall–Kier alpha value is -1.05. The zero-order valence-corrected chi connectivity index (χ0v) is 5.12. The number of nitrogens with zero attached hydrogens (tertiary/aromatic N) is 2. The second-order valence-electron chi connectivity index (χ2n) is 2.18. The molecule has 0 spiro atoms. The van der Waals surface area contributed by atoms with Crippen molar-refractivity contribution in [2.24, 2.45) is 4.99 Å². The number of aliphatic imine (C=N–C) groups is 1. The summed E-state index contributed by atoms with van der Waals surface area (Å²) in [6.07, 6.45) is 8.12. The van der Waals surface area contributed by atoms with E-state index in [4.69, 9.17) is 0 Å². The van der Waals surface area contributed by atoms with E-state index in [2.05, 4.69) is 28.1 Å². The zero-order valence-electron chi connectivity index (χ0n) is 5.12. The molecule has 0 aromatic heterocycles. The second kappa shape index (κ2) is 1.72. The van der Waals surface area contributed by atoms with E-state index >= 15 is 0 Å². The number of hydrogen-bond donors (Lipinski definition) is 0. The van der Waals surface area contributed by atoms with Crippen LogP contribution in [0.3, 0.4) is 0 Å². The van der Waals surface area contributed by atoms with Gasteiger partial charge in [-0.1, -0.05) is 6.08 Å². The van der Waals surface area contributed by atoms with Crippen LogP contribution < -0.4 is 0 Å². The predicted octanol–water partition coefficient (Wildman–Crippen LogP) is 0.784. The molecule has 0 fully saturated rings. The van der Waals surface area contributed by atoms with Gasteiger partial charge in [0.05, 0.1) is 0 Å². The average Bonchev–Trinajstić information content (AvgIpc) is 2.33. The van der Waals surface area contributed by atoms with Gasteiger partial charge >= 0.3 is 0 Å². The Kier molecular flexibility index (Phi) is 0.918. The van der Waals surface area contributed by atoms with Gasteiger partial charge in [-0.05, 0) is 12.2 Å². The van der Waals surface area contributed by atoms with Gasteiger partial charge in [0.1, 0.15) is 5.84 Å². The van der Waals surface area contributed by atoms with Crippen molar-refractivity contribution in [3.05, 3.63) is 24.4 Å². The molecule has 0 saturated heterocycles. The van der Waals surface area contributed by atoms with Crippen molar-refractivity contribution in [3.8, 4) is 0 Å². The lowest BCUT2D eigenvalue weighted by molar-refractivity contribution is 0.523. The minimum atomic E-state index is 1.02. The monoisotopic (exact) mass is 120 g/mol. The van der Waals surface area contributed by atoms with Crippen LogP contribution in [0, 0.1) is 0 Å². The van der Waals surface area contributed by atoms with Crippen molar-refractivity contribution in [1.82, 2.24) is 4.90 Å². The van der Waals surface area contributed by atoms with Crippen molar-refractivity contribution in [2.75, 3.05) is 13.1 Å². The number of amidine groups is 1. The highest BCUT2D eigenvalue weighted by atomic mass is 15.2. The molecule has 0 aromatic rings. The molecule has 0 amide bonds. The summed E-state index contributed by atoms with van der Waals surface area (Å²) >= 11 is 0. The van der Waals surface area contributed by atoms with Crippen LogP contribution in [-0.2, 0) is 0 Å². The summed E-state index contributed by atoms with van der Waals surface area (Å²) in [5.41, 5.74) is 0. The Morgan fingerprint density at radius 1 is 1.33 bits per heavy atom. The van der Waals surface area contributed by atoms with Crippen molar-refractivity contribution in [1.29, 1.82) is 0 Å². The largest absolute Gasteiger partial charge is 0.349 e. The fourth-order valence-electron chi connectivity index (χ4n) is 1.08. The Morgan fingerprint density at radius 2 is 2.22 bits per heavy atom. The molecule has 2 heterocycles. The van der Waals surface area contributed by atoms with Gasteiger partial charge in [-0.15, -0.1) is 0 Å². The van der Waals surface area contributed by atoms with Crippen LogP contribution in [0.4, 0.5) is 0 Å². The van der Waals surface area contributed by atoms with E-state index in [1.807, 2.05) is 6.20 Å². The highest BCUT2D eigenvalue weighted by Crippen LogP contribution is 2.06. The van der Waals surface area contributed by atoms with Crippen molar-refractivity contribution in [2.45, 2.75) is 0 Å². The maximum atomic E-state index is 4.17. The van der Waals surface area contributed by atoms with Crippen LogP contribution in [0.25, 0.3) is 0 Å². The summed E-state index contributed by atoms with van der Waals surface area (Å²) in [4.78, 5) is 6.39. The van der Waals surface area contributed by atoms with E-state index in [0.29, 0.717) is 0 Å². The smallest absolute Gasteiger partial charge is 0.128 e. The Labute approximate surface area is 54.2 Å². The van der Waals surface area contributed by atoms with Gasteiger partial charge in [-0.25, -0.2) is 4.99 Å². The molecule has 0 aliphatic carbocycles. The zero-order chi connectivity index (χ0) is 6.10. The third-order valence-corrected chi connectivity index (χ3v) is 1.55. The van der Waals surface area contributed by atoms with Crippen LogP contribution in [0.15, 0.2) is 29.4 Å². The number of hydrogen-bond acceptors (Lipinski definition) is 2. The van der Waals surface area contributed by atoms with Crippen LogP contribution >= 0.6 is 0 Å². The molecule has 0 atom stereocenters. The molecule has 2 rings (SSSR count). The van der Waals surface area contributed by atoms with Crippen molar-refractivity contribution >= 4 is 5.84 Å². The van der Waals surface area contributed by atoms with Gasteiger partial charge in [0, 0.05) is 19.3 Å². The fraction of sp³-hybridized carbons (Fsp3) is 0.286. The summed E-state index contributed by atoms with van der Waals surface area (Å²) in [6, 6.07) is 0. The van der Waals surface area contributed by atoms with Crippen molar-refractivity contribution in [3.63, 3.8) is 0 Å². The standard InChI is InChI=1S/C7H8N2/c1-3-7-8-4-2-6-9(7)5-1/h1-4H,5-6H2. The maximum Gasteiger partial charge on any atom is 0.128 e. The van der Waals surface area contributed by atoms with E-state index in [9.17, 15) is 0 Å². The van der Waals surface area contributed by atoms with Gasteiger partial charge in [-0.3, -0.25) is 0 Å². The van der Waals surface area contributed by atoms with E-state index in [1.165, 1.54) is 0 Å². The molecule has 46 valence electrons. The Morgan fingerprint density at radius 3 is 3.11 bits per heavy atom. The summed E-state index contributed by atoms with van der Waals surface area (Å²) in [6.45, 7) is 2.05. The lowest BCUT2D eigenvalue weighted by Crippen LogP contribution is -2.27. The first kappa shape index (κ1) is 4.79. The van der Waals surface area contributed by atoms with Gasteiger partial charge in [-0.2, -0.15) is 0 Å². The summed E-state index contributed by atoms with van der Waals surface area (Å²) < 4.78 is 0. The van der Waals surface area contributed by atoms with Crippen LogP contribution in [0.2, 0.25) is 0 Å². The fourth-order valence-corrected chi connectivity index (χ4v) is 1.08. The van der Waals surface area contributed by atoms with Crippen LogP contribution in [-0.4, -0.2) is 23.8 Å². The van der Waals surface area contributed by atoms with Crippen molar-refractivity contribution < 1.29 is 0 Å². The van der Waals surface area contributed by atoms with E-state index in [1.54, 1.807) is 0 Å². The molecular formula is C7H8N2. The summed E-state index contributed by atoms with van der Waals surface area (Å²) in [5.74, 6) is 1.11. The van der Waals surface area contributed by atoms with Gasteiger partial charge in [0.25, 0.3) is 0 Å². The normalized spacial score (nSPS) is 22.2. The molecule has 2 aliphatic rings. The minimum absolute atomic E-state index is 1.02. The Balaban J connectivity index is 2.31. The highest BCUT2D eigenvalue weighted by molar-refractivity contribution is 5.96. The van der Waals surface area contributed by atoms with Crippen LogP contribution in [0.5, 0.6) is 0 Å². The first-order valence-electron chi connectivity index (χ1n) is 3.11. The molecule has 0 N–H and O–H groups in total. The molecule has 0 saturated carbocycles. The molecule has 0 unspecified atom stereocenters. The minimum Gasteiger partial charge on any atom is -0.349 e. The SMILES string of the molecule is C1=CN=C2C=CCN2C1. The summed E-state index contributed by atoms with van der Waals surface area (Å²) in [7, 11) is 0. The van der Waals surface area contributed by atoms with Gasteiger partial charge < -0.3 is 4.90 Å². The van der Waals surface area contributed by atoms with Crippen LogP contribution in [0.1, 0.15) is 0 Å². The number of fused-ring (bicyclic) bond motifs is 1. The Bertz CT molecular complexity index is 201. The lowest BCUT2D eigenvalue weighted by Gasteiger charge is -2.18. The summed E-state index contributed by atoms with van der Waals surface area (Å²) in [5, 5.41) is 0.